The van der Waals surface area contributed by atoms with Gasteiger partial charge in [-0.25, -0.2) is 4.98 Å². The van der Waals surface area contributed by atoms with E-state index in [1.807, 2.05) is 30.3 Å². The summed E-state index contributed by atoms with van der Waals surface area (Å²) in [6.45, 7) is 2.14. The molecule has 0 aliphatic rings. The van der Waals surface area contributed by atoms with Crippen molar-refractivity contribution in [2.24, 2.45) is 0 Å². The van der Waals surface area contributed by atoms with Crippen molar-refractivity contribution in [2.75, 3.05) is 0 Å². The van der Waals surface area contributed by atoms with Crippen molar-refractivity contribution in [3.05, 3.63) is 88.3 Å². The molecule has 0 aliphatic heterocycles. The number of rotatable bonds is 6. The molecule has 4 aromatic rings. The number of fused-ring (bicyclic) bond motifs is 1. The molecule has 0 bridgehead atoms. The lowest BCUT2D eigenvalue weighted by molar-refractivity contribution is 0.404. The second kappa shape index (κ2) is 7.75. The smallest absolute Gasteiger partial charge is 0.276 e. The molecule has 3 heterocycles. The van der Waals surface area contributed by atoms with Gasteiger partial charge >= 0.3 is 0 Å². The first-order valence-corrected chi connectivity index (χ1v) is 9.65. The Balaban J connectivity index is 1.42. The molecule has 6 nitrogen and oxygen atoms in total. The molecule has 0 radical (unpaired) electrons. The van der Waals surface area contributed by atoms with Crippen molar-refractivity contribution in [2.45, 2.75) is 30.2 Å². The van der Waals surface area contributed by atoms with Gasteiger partial charge in [0.1, 0.15) is 5.65 Å². The van der Waals surface area contributed by atoms with Crippen LogP contribution in [0.2, 0.25) is 0 Å². The van der Waals surface area contributed by atoms with E-state index >= 15 is 0 Å². The maximum absolute atomic E-state index is 12.1. The SMILES string of the molecule is CC(Cc1nnc(SCc2cc(=O)n3ccccc3n2)o1)c1ccccc1. The first-order valence-electron chi connectivity index (χ1n) is 8.66. The van der Waals surface area contributed by atoms with Crippen LogP contribution in [0.1, 0.15) is 30.0 Å². The molecule has 0 amide bonds. The first kappa shape index (κ1) is 17.5. The van der Waals surface area contributed by atoms with E-state index < -0.39 is 0 Å². The van der Waals surface area contributed by atoms with E-state index in [0.29, 0.717) is 40.5 Å². The van der Waals surface area contributed by atoms with E-state index in [4.69, 9.17) is 4.42 Å². The van der Waals surface area contributed by atoms with E-state index in [2.05, 4.69) is 34.2 Å². The third kappa shape index (κ3) is 4.09. The van der Waals surface area contributed by atoms with E-state index in [1.165, 1.54) is 27.8 Å². The minimum atomic E-state index is -0.0981. The fourth-order valence-electron chi connectivity index (χ4n) is 2.85. The largest absolute Gasteiger partial charge is 0.416 e. The molecule has 4 rings (SSSR count). The lowest BCUT2D eigenvalue weighted by atomic mass is 9.98. The van der Waals surface area contributed by atoms with Gasteiger partial charge in [0, 0.05) is 24.4 Å². The van der Waals surface area contributed by atoms with Crippen LogP contribution in [0.15, 0.2) is 75.2 Å². The zero-order valence-electron chi connectivity index (χ0n) is 14.8. The van der Waals surface area contributed by atoms with Gasteiger partial charge in [0.05, 0.1) is 5.69 Å². The van der Waals surface area contributed by atoms with Gasteiger partial charge in [-0.1, -0.05) is 55.1 Å². The molecule has 0 N–H and O–H groups in total. The van der Waals surface area contributed by atoms with Crippen molar-refractivity contribution in [1.29, 1.82) is 0 Å². The second-order valence-corrected chi connectivity index (χ2v) is 7.21. The van der Waals surface area contributed by atoms with Gasteiger partial charge in [0.25, 0.3) is 10.8 Å². The lowest BCUT2D eigenvalue weighted by Gasteiger charge is -2.08. The van der Waals surface area contributed by atoms with Gasteiger partial charge < -0.3 is 4.42 Å². The predicted octanol–water partition coefficient (Wildman–Crippen LogP) is 3.72. The molecule has 0 aliphatic carbocycles. The van der Waals surface area contributed by atoms with E-state index in [0.717, 1.165) is 0 Å². The van der Waals surface area contributed by atoms with E-state index in [-0.39, 0.29) is 5.56 Å². The molecule has 0 saturated carbocycles. The zero-order chi connectivity index (χ0) is 18.6. The molecule has 1 atom stereocenters. The molecule has 0 spiro atoms. The van der Waals surface area contributed by atoms with Crippen LogP contribution in [0.3, 0.4) is 0 Å². The average molecular weight is 378 g/mol. The van der Waals surface area contributed by atoms with Crippen LogP contribution < -0.4 is 5.56 Å². The zero-order valence-corrected chi connectivity index (χ0v) is 15.6. The van der Waals surface area contributed by atoms with Crippen LogP contribution in [0, 0.1) is 0 Å². The highest BCUT2D eigenvalue weighted by molar-refractivity contribution is 7.98. The van der Waals surface area contributed by atoms with Crippen molar-refractivity contribution >= 4 is 17.4 Å². The number of hydrogen-bond acceptors (Lipinski definition) is 6. The average Bonchev–Trinajstić information content (AvgIpc) is 3.14. The second-order valence-electron chi connectivity index (χ2n) is 6.28. The van der Waals surface area contributed by atoms with E-state index in [1.54, 1.807) is 12.3 Å². The summed E-state index contributed by atoms with van der Waals surface area (Å²) >= 11 is 1.38. The van der Waals surface area contributed by atoms with Gasteiger partial charge in [-0.2, -0.15) is 0 Å². The minimum absolute atomic E-state index is 0.0981. The van der Waals surface area contributed by atoms with Crippen LogP contribution in [-0.4, -0.2) is 19.6 Å². The fraction of sp³-hybridized carbons (Fsp3) is 0.200. The number of thioether (sulfide) groups is 1. The molecular weight excluding hydrogens is 360 g/mol. The molecule has 1 unspecified atom stereocenters. The Kier molecular flexibility index (Phi) is 5.02. The van der Waals surface area contributed by atoms with Crippen LogP contribution in [0.25, 0.3) is 5.65 Å². The fourth-order valence-corrected chi connectivity index (χ4v) is 3.53. The van der Waals surface area contributed by atoms with Crippen LogP contribution >= 0.6 is 11.8 Å². The Morgan fingerprint density at radius 2 is 1.93 bits per heavy atom. The first-order chi connectivity index (χ1) is 13.2. The summed E-state index contributed by atoms with van der Waals surface area (Å²) in [5.74, 6) is 1.41. The standard InChI is InChI=1S/C20H18N4O2S/c1-14(15-7-3-2-4-8-15)11-18-22-23-20(26-18)27-13-16-12-19(25)24-10-6-5-9-17(24)21-16/h2-10,12,14H,11,13H2,1H3. The molecule has 27 heavy (non-hydrogen) atoms. The van der Waals surface area contributed by atoms with E-state index in [9.17, 15) is 4.79 Å². The molecule has 3 aromatic heterocycles. The summed E-state index contributed by atoms with van der Waals surface area (Å²) in [5.41, 5.74) is 2.46. The summed E-state index contributed by atoms with van der Waals surface area (Å²) in [4.78, 5) is 16.6. The molecule has 7 heteroatoms. The van der Waals surface area contributed by atoms with Gasteiger partial charge in [0.2, 0.25) is 5.89 Å². The Morgan fingerprint density at radius 3 is 2.78 bits per heavy atom. The van der Waals surface area contributed by atoms with Gasteiger partial charge in [-0.15, -0.1) is 10.2 Å². The maximum Gasteiger partial charge on any atom is 0.276 e. The number of pyridine rings is 1. The van der Waals surface area contributed by atoms with Crippen molar-refractivity contribution in [3.63, 3.8) is 0 Å². The Morgan fingerprint density at radius 1 is 1.11 bits per heavy atom. The number of nitrogens with zero attached hydrogens (tertiary/aromatic N) is 4. The number of aromatic nitrogens is 4. The molecule has 0 fully saturated rings. The van der Waals surface area contributed by atoms with Crippen molar-refractivity contribution in [3.8, 4) is 0 Å². The summed E-state index contributed by atoms with van der Waals surface area (Å²) in [6, 6.07) is 17.3. The van der Waals surface area contributed by atoms with Crippen molar-refractivity contribution in [1.82, 2.24) is 19.6 Å². The molecule has 1 aromatic carbocycles. The predicted molar refractivity (Wildman–Crippen MR) is 104 cm³/mol. The molecular formula is C20H18N4O2S. The highest BCUT2D eigenvalue weighted by Gasteiger charge is 2.13. The van der Waals surface area contributed by atoms with Crippen molar-refractivity contribution < 1.29 is 4.42 Å². The van der Waals surface area contributed by atoms with Crippen LogP contribution in [-0.2, 0) is 12.2 Å². The topological polar surface area (TPSA) is 73.3 Å². The Labute approximate surface area is 160 Å². The summed E-state index contributed by atoms with van der Waals surface area (Å²) < 4.78 is 7.26. The summed E-state index contributed by atoms with van der Waals surface area (Å²) in [5, 5.41) is 8.72. The quantitative estimate of drug-likeness (QED) is 0.476. The Bertz CT molecular complexity index is 1110. The molecule has 0 saturated heterocycles. The highest BCUT2D eigenvalue weighted by atomic mass is 32.2. The summed E-state index contributed by atoms with van der Waals surface area (Å²) in [7, 11) is 0. The van der Waals surface area contributed by atoms with Crippen LogP contribution in [0.4, 0.5) is 0 Å². The number of hydrogen-bond donors (Lipinski definition) is 0. The van der Waals surface area contributed by atoms with Gasteiger partial charge in [0.15, 0.2) is 0 Å². The lowest BCUT2D eigenvalue weighted by Crippen LogP contribution is -2.14. The van der Waals surface area contributed by atoms with Gasteiger partial charge in [-0.3, -0.25) is 9.20 Å². The minimum Gasteiger partial charge on any atom is -0.416 e. The van der Waals surface area contributed by atoms with Gasteiger partial charge in [-0.05, 0) is 23.6 Å². The summed E-state index contributed by atoms with van der Waals surface area (Å²) in [6.07, 6.45) is 2.40. The monoisotopic (exact) mass is 378 g/mol. The molecule has 136 valence electrons. The highest BCUT2D eigenvalue weighted by Crippen LogP contribution is 2.24. The Hall–Kier alpha value is -2.93. The van der Waals surface area contributed by atoms with Crippen LogP contribution in [0.5, 0.6) is 0 Å². The third-order valence-electron chi connectivity index (χ3n) is 4.27. The maximum atomic E-state index is 12.1. The normalized spacial score (nSPS) is 12.3. The third-order valence-corrected chi connectivity index (χ3v) is 5.12. The number of benzene rings is 1.